The fourth-order valence-electron chi connectivity index (χ4n) is 4.37. The third-order valence-corrected chi connectivity index (χ3v) is 7.50. The highest BCUT2D eigenvalue weighted by molar-refractivity contribution is 7.14. The van der Waals surface area contributed by atoms with Crippen LogP contribution in [0.3, 0.4) is 0 Å². The maximum Gasteiger partial charge on any atom is 0.357 e. The number of carbonyl (C=O) groups is 1. The number of thiazole rings is 1. The molecule has 204 valence electrons. The van der Waals surface area contributed by atoms with E-state index in [0.717, 1.165) is 56.5 Å². The molecular formula is C27H28F5N3O2S. The molecule has 0 aliphatic carbocycles. The van der Waals surface area contributed by atoms with Gasteiger partial charge in [-0.1, -0.05) is 43.7 Å². The Morgan fingerprint density at radius 2 is 1.66 bits per heavy atom. The molecule has 0 amide bonds. The van der Waals surface area contributed by atoms with Crippen molar-refractivity contribution >= 4 is 23.1 Å². The van der Waals surface area contributed by atoms with Gasteiger partial charge in [0.25, 0.3) is 0 Å². The van der Waals surface area contributed by atoms with Crippen LogP contribution in [-0.2, 0) is 13.0 Å². The van der Waals surface area contributed by atoms with Crippen LogP contribution in [0.25, 0.3) is 0 Å². The van der Waals surface area contributed by atoms with Crippen LogP contribution in [0.4, 0.5) is 27.8 Å². The summed E-state index contributed by atoms with van der Waals surface area (Å²) in [5.41, 5.74) is 1.31. The van der Waals surface area contributed by atoms with E-state index < -0.39 is 40.8 Å². The lowest BCUT2D eigenvalue weighted by atomic mass is 9.90. The van der Waals surface area contributed by atoms with Crippen LogP contribution in [0, 0.1) is 35.0 Å². The summed E-state index contributed by atoms with van der Waals surface area (Å²) in [6.07, 6.45) is 4.68. The van der Waals surface area contributed by atoms with Gasteiger partial charge in [-0.05, 0) is 50.3 Å². The van der Waals surface area contributed by atoms with E-state index in [9.17, 15) is 26.7 Å². The molecular weight excluding hydrogens is 525 g/mol. The number of unbranched alkanes of at least 4 members (excludes halogenated alkanes) is 1. The molecule has 2 heterocycles. The van der Waals surface area contributed by atoms with E-state index in [1.54, 1.807) is 0 Å². The smallest absolute Gasteiger partial charge is 0.357 e. The average Bonchev–Trinajstić information content (AvgIpc) is 3.33. The quantitative estimate of drug-likeness (QED) is 0.0754. The number of piperidine rings is 1. The van der Waals surface area contributed by atoms with E-state index in [0.29, 0.717) is 24.0 Å². The summed E-state index contributed by atoms with van der Waals surface area (Å²) in [5.74, 6) is -13.3. The molecule has 4 rings (SSSR count). The molecule has 0 unspecified atom stereocenters. The highest BCUT2D eigenvalue weighted by Crippen LogP contribution is 2.32. The van der Waals surface area contributed by atoms with E-state index in [1.807, 2.05) is 25.1 Å². The van der Waals surface area contributed by atoms with Gasteiger partial charge in [0.05, 0.1) is 6.54 Å². The molecule has 1 N–H and O–H groups in total. The Bertz CT molecular complexity index is 1230. The Morgan fingerprint density at radius 1 is 1.03 bits per heavy atom. The second-order valence-corrected chi connectivity index (χ2v) is 10.3. The topological polar surface area (TPSA) is 54.5 Å². The summed E-state index contributed by atoms with van der Waals surface area (Å²) < 4.78 is 73.4. The van der Waals surface area contributed by atoms with Crippen molar-refractivity contribution < 1.29 is 31.5 Å². The van der Waals surface area contributed by atoms with Gasteiger partial charge in [0, 0.05) is 6.54 Å². The molecule has 1 aliphatic heterocycles. The van der Waals surface area contributed by atoms with Crippen LogP contribution >= 0.6 is 11.3 Å². The van der Waals surface area contributed by atoms with Crippen molar-refractivity contribution in [2.45, 2.75) is 45.6 Å². The SMILES string of the molecule is CCCCNc1nc(CN2CCC(Cc3ccccc3)CC2)sc1C(=O)Oc1c(F)c(F)c(F)c(F)c1F. The van der Waals surface area contributed by atoms with Crippen LogP contribution in [0.5, 0.6) is 5.75 Å². The van der Waals surface area contributed by atoms with Gasteiger partial charge >= 0.3 is 5.97 Å². The van der Waals surface area contributed by atoms with E-state index >= 15 is 0 Å². The van der Waals surface area contributed by atoms with Gasteiger partial charge in [-0.2, -0.15) is 8.78 Å². The lowest BCUT2D eigenvalue weighted by molar-refractivity contribution is 0.0721. The van der Waals surface area contributed by atoms with Gasteiger partial charge in [0.2, 0.25) is 34.8 Å². The summed E-state index contributed by atoms with van der Waals surface area (Å²) >= 11 is 0.969. The molecule has 0 spiro atoms. The Hall–Kier alpha value is -3.05. The van der Waals surface area contributed by atoms with Gasteiger partial charge in [-0.3, -0.25) is 4.90 Å². The zero-order valence-electron chi connectivity index (χ0n) is 20.8. The second-order valence-electron chi connectivity index (χ2n) is 9.26. The zero-order valence-corrected chi connectivity index (χ0v) is 21.7. The number of rotatable bonds is 10. The average molecular weight is 554 g/mol. The molecule has 2 aromatic carbocycles. The van der Waals surface area contributed by atoms with Crippen LogP contribution in [0.1, 0.15) is 52.8 Å². The predicted molar refractivity (Wildman–Crippen MR) is 135 cm³/mol. The number of aromatic nitrogens is 1. The summed E-state index contributed by atoms with van der Waals surface area (Å²) in [7, 11) is 0. The van der Waals surface area contributed by atoms with Crippen molar-refractivity contribution in [1.82, 2.24) is 9.88 Å². The summed E-state index contributed by atoms with van der Waals surface area (Å²) in [5, 5.41) is 3.60. The van der Waals surface area contributed by atoms with Gasteiger partial charge in [-0.25, -0.2) is 22.9 Å². The molecule has 11 heteroatoms. The third kappa shape index (κ3) is 6.50. The number of benzene rings is 2. The zero-order chi connectivity index (χ0) is 27.2. The van der Waals surface area contributed by atoms with Gasteiger partial charge < -0.3 is 10.1 Å². The van der Waals surface area contributed by atoms with Crippen molar-refractivity contribution in [3.63, 3.8) is 0 Å². The van der Waals surface area contributed by atoms with Crippen LogP contribution in [-0.4, -0.2) is 35.5 Å². The normalized spacial score (nSPS) is 14.6. The monoisotopic (exact) mass is 553 g/mol. The number of esters is 1. The Kier molecular flexibility index (Phi) is 9.32. The van der Waals surface area contributed by atoms with Crippen LogP contribution in [0.15, 0.2) is 30.3 Å². The Labute approximate surface area is 221 Å². The lowest BCUT2D eigenvalue weighted by Crippen LogP contribution is -2.33. The molecule has 1 aliphatic rings. The number of anilines is 1. The number of nitrogens with one attached hydrogen (secondary N) is 1. The lowest BCUT2D eigenvalue weighted by Gasteiger charge is -2.31. The molecule has 0 atom stereocenters. The molecule has 1 fully saturated rings. The first-order chi connectivity index (χ1) is 18.3. The Morgan fingerprint density at radius 3 is 2.29 bits per heavy atom. The first kappa shape index (κ1) is 28.0. The van der Waals surface area contributed by atoms with Crippen molar-refractivity contribution in [1.29, 1.82) is 0 Å². The van der Waals surface area contributed by atoms with E-state index in [-0.39, 0.29) is 10.7 Å². The van der Waals surface area contributed by atoms with Crippen molar-refractivity contribution in [3.05, 3.63) is 74.9 Å². The molecule has 5 nitrogen and oxygen atoms in total. The Balaban J connectivity index is 1.46. The predicted octanol–water partition coefficient (Wildman–Crippen LogP) is 6.72. The molecule has 0 bridgehead atoms. The maximum absolute atomic E-state index is 14.1. The number of ether oxygens (including phenoxy) is 1. The number of likely N-dealkylation sites (tertiary alicyclic amines) is 1. The first-order valence-electron chi connectivity index (χ1n) is 12.5. The number of hydrogen-bond acceptors (Lipinski definition) is 6. The minimum atomic E-state index is -2.32. The number of nitrogens with zero attached hydrogens (tertiary/aromatic N) is 2. The fourth-order valence-corrected chi connectivity index (χ4v) is 5.33. The van der Waals surface area contributed by atoms with Crippen LogP contribution in [0.2, 0.25) is 0 Å². The minimum absolute atomic E-state index is 0.0981. The van der Waals surface area contributed by atoms with E-state index in [4.69, 9.17) is 0 Å². The summed E-state index contributed by atoms with van der Waals surface area (Å²) in [6, 6.07) is 10.3. The van der Waals surface area contributed by atoms with Gasteiger partial charge in [0.1, 0.15) is 5.01 Å². The summed E-state index contributed by atoms with van der Waals surface area (Å²) in [4.78, 5) is 19.4. The van der Waals surface area contributed by atoms with Crippen molar-refractivity contribution in [2.24, 2.45) is 5.92 Å². The van der Waals surface area contributed by atoms with Crippen molar-refractivity contribution in [3.8, 4) is 5.75 Å². The molecule has 3 aromatic rings. The largest absolute Gasteiger partial charge is 0.416 e. The van der Waals surface area contributed by atoms with Gasteiger partial charge in [0.15, 0.2) is 10.7 Å². The fraction of sp³-hybridized carbons (Fsp3) is 0.407. The van der Waals surface area contributed by atoms with E-state index in [2.05, 4.69) is 32.1 Å². The standard InChI is InChI=1S/C27H28F5N3O2S/c1-2-3-11-33-26-25(27(36)37-24-22(31)20(29)19(28)21(30)23(24)32)38-18(34-26)15-35-12-9-17(10-13-35)14-16-7-5-4-6-8-16/h4-8,17,33H,2-3,9-15H2,1H3. The first-order valence-corrected chi connectivity index (χ1v) is 13.3. The van der Waals surface area contributed by atoms with Crippen molar-refractivity contribution in [2.75, 3.05) is 25.0 Å². The van der Waals surface area contributed by atoms with Gasteiger partial charge in [-0.15, -0.1) is 11.3 Å². The summed E-state index contributed by atoms with van der Waals surface area (Å²) in [6.45, 7) is 4.61. The molecule has 1 saturated heterocycles. The highest BCUT2D eigenvalue weighted by Gasteiger charge is 2.31. The van der Waals surface area contributed by atoms with Crippen LogP contribution < -0.4 is 10.1 Å². The maximum atomic E-state index is 14.1. The number of halogens is 5. The molecule has 1 aromatic heterocycles. The number of hydrogen-bond donors (Lipinski definition) is 1. The molecule has 0 saturated carbocycles. The highest BCUT2D eigenvalue weighted by atomic mass is 32.1. The van der Waals surface area contributed by atoms with E-state index in [1.165, 1.54) is 5.56 Å². The second kappa shape index (κ2) is 12.7. The molecule has 38 heavy (non-hydrogen) atoms. The minimum Gasteiger partial charge on any atom is -0.416 e. The third-order valence-electron chi connectivity index (χ3n) is 6.48. The molecule has 0 radical (unpaired) electrons. The number of carbonyl (C=O) groups excluding carboxylic acids is 1.